The van der Waals surface area contributed by atoms with Gasteiger partial charge in [0.2, 0.25) is 6.71 Å². The Kier molecular flexibility index (Phi) is 6.77. The van der Waals surface area contributed by atoms with Gasteiger partial charge in [0.25, 0.3) is 0 Å². The van der Waals surface area contributed by atoms with Crippen molar-refractivity contribution >= 4 is 66.7 Å². The molecule has 287 valence electrons. The number of benzene rings is 5. The van der Waals surface area contributed by atoms with E-state index in [2.05, 4.69) is 136 Å². The van der Waals surface area contributed by atoms with Gasteiger partial charge >= 0.3 is 0 Å². The Bertz CT molecular complexity index is 3470. The molecule has 11 rings (SSSR count). The van der Waals surface area contributed by atoms with Crippen LogP contribution in [0.4, 0.5) is 0 Å². The summed E-state index contributed by atoms with van der Waals surface area (Å²) in [5.74, 6) is 0. The SMILES string of the molecule is CC(C)(C)c1cccc2c1-c1nc3c(C(C)(C)C)ccnc3c3[c-]c4c5ccccc5n5c4c(c13)B2c1ccccc1-5.[2H]C([2H])([2H])c1c[c-]c(-c2cc(C([2H])([2H])[2H])c(C([2H])([2H])[2H])cn2)cc1.[Ir]. The first-order valence-corrected chi connectivity index (χ1v) is 19.3. The molecule has 0 N–H and O–H groups in total. The van der Waals surface area contributed by atoms with Crippen molar-refractivity contribution in [1.82, 2.24) is 19.5 Å². The van der Waals surface area contributed by atoms with Gasteiger partial charge in [-0.05, 0) is 81.7 Å². The average Bonchev–Trinajstić information content (AvgIpc) is 3.59. The Morgan fingerprint density at radius 1 is 0.724 bits per heavy atom. The van der Waals surface area contributed by atoms with Crippen LogP contribution in [0.5, 0.6) is 0 Å². The van der Waals surface area contributed by atoms with Crippen molar-refractivity contribution in [2.24, 2.45) is 0 Å². The molecule has 0 saturated carbocycles. The minimum Gasteiger partial charge on any atom is -0.350 e. The fourth-order valence-electron chi connectivity index (χ4n) is 9.02. The molecule has 58 heavy (non-hydrogen) atoms. The molecule has 6 heterocycles. The second-order valence-electron chi connectivity index (χ2n) is 17.2. The van der Waals surface area contributed by atoms with E-state index in [0.717, 1.165) is 28.3 Å². The largest absolute Gasteiger partial charge is 0.350 e. The van der Waals surface area contributed by atoms with Gasteiger partial charge in [0.05, 0.1) is 5.52 Å². The van der Waals surface area contributed by atoms with E-state index in [9.17, 15) is 0 Å². The number of para-hydroxylation sites is 2. The van der Waals surface area contributed by atoms with Gasteiger partial charge in [-0.1, -0.05) is 142 Å². The van der Waals surface area contributed by atoms with Crippen LogP contribution < -0.4 is 16.4 Å². The average molecular weight is 938 g/mol. The van der Waals surface area contributed by atoms with E-state index in [4.69, 9.17) is 22.3 Å². The third kappa shape index (κ3) is 5.71. The van der Waals surface area contributed by atoms with E-state index in [-0.39, 0.29) is 60.0 Å². The van der Waals surface area contributed by atoms with Crippen LogP contribution in [0.2, 0.25) is 0 Å². The van der Waals surface area contributed by atoms with E-state index in [1.165, 1.54) is 90.2 Å². The summed E-state index contributed by atoms with van der Waals surface area (Å²) in [5.41, 5.74) is 14.6. The van der Waals surface area contributed by atoms with Gasteiger partial charge in [-0.3, -0.25) is 9.97 Å². The first-order chi connectivity index (χ1) is 30.9. The summed E-state index contributed by atoms with van der Waals surface area (Å²) >= 11 is 0. The Hall–Kier alpha value is -5.42. The van der Waals surface area contributed by atoms with E-state index < -0.39 is 20.6 Å². The predicted molar refractivity (Wildman–Crippen MR) is 240 cm³/mol. The zero-order valence-corrected chi connectivity index (χ0v) is 35.5. The maximum absolute atomic E-state index is 7.54. The van der Waals surface area contributed by atoms with Crippen molar-refractivity contribution < 1.29 is 32.4 Å². The molecular weight excluding hydrogens is 884 g/mol. The van der Waals surface area contributed by atoms with Crippen LogP contribution in [0.25, 0.3) is 71.8 Å². The Morgan fingerprint density at radius 3 is 2.26 bits per heavy atom. The number of aromatic nitrogens is 4. The molecule has 0 atom stereocenters. The number of pyridine rings is 3. The smallest absolute Gasteiger partial charge is 0.232 e. The molecule has 2 aliphatic heterocycles. The summed E-state index contributed by atoms with van der Waals surface area (Å²) in [4.78, 5) is 14.7. The molecule has 0 saturated heterocycles. The zero-order chi connectivity index (χ0) is 47.0. The van der Waals surface area contributed by atoms with Gasteiger partial charge < -0.3 is 9.55 Å². The van der Waals surface area contributed by atoms with Gasteiger partial charge in [0, 0.05) is 67.3 Å². The van der Waals surface area contributed by atoms with Crippen LogP contribution in [0, 0.1) is 32.7 Å². The van der Waals surface area contributed by atoms with Crippen molar-refractivity contribution in [2.75, 3.05) is 0 Å². The molecule has 0 unspecified atom stereocenters. The minimum atomic E-state index is -2.61. The molecule has 0 bridgehead atoms. The molecule has 4 nitrogen and oxygen atoms in total. The molecule has 1 radical (unpaired) electrons. The maximum Gasteiger partial charge on any atom is 0.232 e. The molecule has 4 aromatic heterocycles. The predicted octanol–water partition coefficient (Wildman–Crippen LogP) is 10.6. The van der Waals surface area contributed by atoms with Gasteiger partial charge in [-0.25, -0.2) is 0 Å². The molecule has 0 aliphatic carbocycles. The normalized spacial score (nSPS) is 15.7. The molecule has 0 spiro atoms. The molecule has 0 amide bonds. The number of hydrogen-bond acceptors (Lipinski definition) is 3. The topological polar surface area (TPSA) is 43.6 Å². The molecule has 6 heteroatoms. The van der Waals surface area contributed by atoms with E-state index in [1.54, 1.807) is 0 Å². The van der Waals surface area contributed by atoms with Crippen molar-refractivity contribution in [3.63, 3.8) is 0 Å². The first kappa shape index (κ1) is 28.9. The Balaban J connectivity index is 0.000000194. The maximum atomic E-state index is 7.54. The van der Waals surface area contributed by atoms with E-state index >= 15 is 0 Å². The summed E-state index contributed by atoms with van der Waals surface area (Å²) in [6.07, 6.45) is 2.99. The Morgan fingerprint density at radius 2 is 1.50 bits per heavy atom. The van der Waals surface area contributed by atoms with Gasteiger partial charge in [-0.15, -0.1) is 46.9 Å². The van der Waals surface area contributed by atoms with E-state index in [1.807, 2.05) is 6.20 Å². The van der Waals surface area contributed by atoms with Crippen molar-refractivity contribution in [1.29, 1.82) is 0 Å². The standard InChI is InChI=1S/C38H31BN3.C14H14N.Ir/c1-37(2,3)24-13-11-15-27-31(24)35-30-23(33-34(41-35)25(18-19-40-33)38(4,5)6)20-22-21-12-7-9-16-28(21)42-29-17-10-8-14-26(29)39(27)32(30)36(22)42;1-10-4-6-13(7-5-10)14-8-11(2)12(3)9-15-14;/h7-19H,1-6H3;4-6,8-9H,1-3H3;/q2*-1;/i;1D3,2D3,3D3;. The van der Waals surface area contributed by atoms with Crippen LogP contribution in [0.15, 0.2) is 109 Å². The van der Waals surface area contributed by atoms with Crippen LogP contribution in [-0.2, 0) is 30.9 Å². The van der Waals surface area contributed by atoms with Gasteiger partial charge in [0.1, 0.15) is 0 Å². The third-order valence-electron chi connectivity index (χ3n) is 11.6. The van der Waals surface area contributed by atoms with Gasteiger partial charge in [0.15, 0.2) is 0 Å². The fraction of sp³-hybridized carbons (Fsp3) is 0.212. The van der Waals surface area contributed by atoms with Gasteiger partial charge in [-0.2, -0.15) is 0 Å². The quantitative estimate of drug-likeness (QED) is 0.0936. The van der Waals surface area contributed by atoms with Crippen molar-refractivity contribution in [3.8, 4) is 28.2 Å². The fourth-order valence-corrected chi connectivity index (χ4v) is 9.02. The summed E-state index contributed by atoms with van der Waals surface area (Å²) in [5, 5.41) is 4.70. The molecule has 2 aliphatic rings. The number of nitrogens with zero attached hydrogens (tertiary/aromatic N) is 4. The molecular formula is C52H45BIrN4-2. The number of rotatable bonds is 1. The minimum absolute atomic E-state index is 0. The zero-order valence-electron chi connectivity index (χ0n) is 42.1. The second kappa shape index (κ2) is 13.6. The summed E-state index contributed by atoms with van der Waals surface area (Å²) in [6.45, 7) is 6.40. The van der Waals surface area contributed by atoms with Crippen LogP contribution in [0.1, 0.15) is 81.7 Å². The Labute approximate surface area is 367 Å². The van der Waals surface area contributed by atoms with Crippen LogP contribution >= 0.6 is 0 Å². The van der Waals surface area contributed by atoms with Crippen LogP contribution in [-0.4, -0.2) is 26.2 Å². The van der Waals surface area contributed by atoms with E-state index in [0.29, 0.717) is 5.56 Å². The second-order valence-corrected chi connectivity index (χ2v) is 17.2. The molecule has 5 aromatic carbocycles. The van der Waals surface area contributed by atoms with Crippen molar-refractivity contribution in [3.05, 3.63) is 149 Å². The number of hydrogen-bond donors (Lipinski definition) is 0. The number of aryl methyl sites for hydroxylation is 3. The molecule has 9 aromatic rings. The summed E-state index contributed by atoms with van der Waals surface area (Å²) in [6, 6.07) is 38.9. The first-order valence-electron chi connectivity index (χ1n) is 23.8. The monoisotopic (exact) mass is 938 g/mol. The third-order valence-corrected chi connectivity index (χ3v) is 11.6. The molecule has 0 fully saturated rings. The van der Waals surface area contributed by atoms with Crippen LogP contribution in [0.3, 0.4) is 0 Å². The summed E-state index contributed by atoms with van der Waals surface area (Å²) < 4.78 is 69.4. The summed E-state index contributed by atoms with van der Waals surface area (Å²) in [7, 11) is 0. The van der Waals surface area contributed by atoms with Crippen molar-refractivity contribution in [2.45, 2.75) is 72.9 Å². The number of fused-ring (bicyclic) bond motifs is 11.